The van der Waals surface area contributed by atoms with E-state index in [-0.39, 0.29) is 0 Å². The van der Waals surface area contributed by atoms with Crippen LogP contribution in [0.25, 0.3) is 0 Å². The molecule has 0 spiro atoms. The Hall–Kier alpha value is -1.25. The van der Waals surface area contributed by atoms with E-state index in [4.69, 9.17) is 5.73 Å². The molecule has 16 heavy (non-hydrogen) atoms. The summed E-state index contributed by atoms with van der Waals surface area (Å²) in [7, 11) is 0. The van der Waals surface area contributed by atoms with Gasteiger partial charge in [-0.25, -0.2) is 0 Å². The molecule has 0 aliphatic rings. The van der Waals surface area contributed by atoms with Gasteiger partial charge < -0.3 is 10.3 Å². The molecule has 0 atom stereocenters. The van der Waals surface area contributed by atoms with Crippen molar-refractivity contribution in [1.82, 2.24) is 10.1 Å². The molecule has 1 rings (SSSR count). The van der Waals surface area contributed by atoms with Crippen LogP contribution in [0, 0.1) is 0 Å². The van der Waals surface area contributed by atoms with Gasteiger partial charge in [-0.15, -0.1) is 0 Å². The van der Waals surface area contributed by atoms with Crippen molar-refractivity contribution in [2.24, 2.45) is 5.73 Å². The summed E-state index contributed by atoms with van der Waals surface area (Å²) in [6.07, 6.45) is -5.78. The van der Waals surface area contributed by atoms with E-state index in [2.05, 4.69) is 14.7 Å². The number of aromatic nitrogens is 2. The van der Waals surface area contributed by atoms with E-state index in [0.717, 1.165) is 0 Å². The maximum atomic E-state index is 12.7. The molecule has 0 amide bonds. The van der Waals surface area contributed by atoms with Crippen LogP contribution in [0.3, 0.4) is 0 Å². The first kappa shape index (κ1) is 12.8. The molecule has 4 nitrogen and oxygen atoms in total. The number of nitrogens with zero attached hydrogens (tertiary/aromatic N) is 2. The van der Waals surface area contributed by atoms with Gasteiger partial charge in [0.25, 0.3) is 0 Å². The Bertz CT molecular complexity index is 378. The molecule has 0 aliphatic heterocycles. The molecule has 0 bridgehead atoms. The molecule has 0 radical (unpaired) electrons. The van der Waals surface area contributed by atoms with Crippen LogP contribution in [0.1, 0.15) is 25.6 Å². The van der Waals surface area contributed by atoms with E-state index in [1.54, 1.807) is 0 Å². The topological polar surface area (TPSA) is 64.9 Å². The van der Waals surface area contributed by atoms with Gasteiger partial charge in [0.1, 0.15) is 0 Å². The SMILES string of the molecule is CC(C)(N)c1noc(C(F)(F)C(F)(F)F)n1. The van der Waals surface area contributed by atoms with Crippen molar-refractivity contribution < 1.29 is 26.5 Å². The average molecular weight is 245 g/mol. The minimum Gasteiger partial charge on any atom is -0.332 e. The van der Waals surface area contributed by atoms with Crippen molar-refractivity contribution >= 4 is 0 Å². The summed E-state index contributed by atoms with van der Waals surface area (Å²) in [6.45, 7) is 2.68. The summed E-state index contributed by atoms with van der Waals surface area (Å²) in [5.41, 5.74) is 4.15. The fraction of sp³-hybridized carbons (Fsp3) is 0.714. The maximum Gasteiger partial charge on any atom is 0.463 e. The molecular formula is C7H8F5N3O. The van der Waals surface area contributed by atoms with Crippen LogP contribution in [0.4, 0.5) is 22.0 Å². The number of halogens is 5. The van der Waals surface area contributed by atoms with Crippen molar-refractivity contribution in [3.05, 3.63) is 11.7 Å². The highest BCUT2D eigenvalue weighted by molar-refractivity contribution is 5.03. The molecule has 92 valence electrons. The number of alkyl halides is 5. The van der Waals surface area contributed by atoms with E-state index < -0.39 is 29.4 Å². The fourth-order valence-corrected chi connectivity index (χ4v) is 0.734. The molecule has 2 N–H and O–H groups in total. The first-order valence-corrected chi connectivity index (χ1v) is 4.04. The summed E-state index contributed by atoms with van der Waals surface area (Å²) >= 11 is 0. The van der Waals surface area contributed by atoms with Gasteiger partial charge >= 0.3 is 18.0 Å². The van der Waals surface area contributed by atoms with Crippen molar-refractivity contribution in [3.63, 3.8) is 0 Å². The van der Waals surface area contributed by atoms with E-state index >= 15 is 0 Å². The number of hydrogen-bond donors (Lipinski definition) is 1. The second-order valence-electron chi connectivity index (χ2n) is 3.72. The number of rotatable bonds is 2. The third-order valence-electron chi connectivity index (χ3n) is 1.63. The van der Waals surface area contributed by atoms with Crippen LogP contribution < -0.4 is 5.73 Å². The van der Waals surface area contributed by atoms with Crippen molar-refractivity contribution in [2.45, 2.75) is 31.5 Å². The van der Waals surface area contributed by atoms with E-state index in [9.17, 15) is 22.0 Å². The Balaban J connectivity index is 3.13. The lowest BCUT2D eigenvalue weighted by Crippen LogP contribution is -2.35. The van der Waals surface area contributed by atoms with Gasteiger partial charge in [0.2, 0.25) is 0 Å². The molecule has 1 aromatic heterocycles. The average Bonchev–Trinajstić information content (AvgIpc) is 2.47. The highest BCUT2D eigenvalue weighted by Crippen LogP contribution is 2.43. The number of nitrogens with two attached hydrogens (primary N) is 1. The molecule has 0 saturated carbocycles. The Morgan fingerprint density at radius 3 is 1.94 bits per heavy atom. The van der Waals surface area contributed by atoms with Crippen molar-refractivity contribution in [1.29, 1.82) is 0 Å². The second kappa shape index (κ2) is 3.37. The maximum absolute atomic E-state index is 12.7. The van der Waals surface area contributed by atoms with Crippen LogP contribution >= 0.6 is 0 Å². The molecule has 0 fully saturated rings. The standard InChI is InChI=1S/C7H8F5N3O/c1-5(2,13)3-14-4(16-15-3)6(8,9)7(10,11)12/h13H2,1-2H3. The van der Waals surface area contributed by atoms with Crippen LogP contribution in [0.5, 0.6) is 0 Å². The van der Waals surface area contributed by atoms with Gasteiger partial charge in [0.05, 0.1) is 5.54 Å². The van der Waals surface area contributed by atoms with Crippen LogP contribution in [-0.2, 0) is 11.5 Å². The van der Waals surface area contributed by atoms with Crippen LogP contribution in [0.2, 0.25) is 0 Å². The van der Waals surface area contributed by atoms with Gasteiger partial charge in [-0.05, 0) is 13.8 Å². The Labute approximate surface area is 86.6 Å². The third kappa shape index (κ3) is 2.13. The Kier molecular flexibility index (Phi) is 2.70. The van der Waals surface area contributed by atoms with Gasteiger partial charge in [0, 0.05) is 0 Å². The minimum absolute atomic E-state index is 0.425. The number of hydrogen-bond acceptors (Lipinski definition) is 4. The van der Waals surface area contributed by atoms with Gasteiger partial charge in [0.15, 0.2) is 5.82 Å². The normalized spacial score (nSPS) is 14.2. The summed E-state index contributed by atoms with van der Waals surface area (Å²) in [5.74, 6) is -7.41. The highest BCUT2D eigenvalue weighted by Gasteiger charge is 2.63. The molecule has 0 aromatic carbocycles. The van der Waals surface area contributed by atoms with Crippen LogP contribution in [0.15, 0.2) is 4.52 Å². The molecule has 1 heterocycles. The van der Waals surface area contributed by atoms with E-state index in [1.165, 1.54) is 13.8 Å². The molecule has 0 saturated heterocycles. The monoisotopic (exact) mass is 245 g/mol. The second-order valence-corrected chi connectivity index (χ2v) is 3.72. The third-order valence-corrected chi connectivity index (χ3v) is 1.63. The molecule has 0 aliphatic carbocycles. The predicted octanol–water partition coefficient (Wildman–Crippen LogP) is 1.92. The summed E-state index contributed by atoms with van der Waals surface area (Å²) in [4.78, 5) is 2.95. The fourth-order valence-electron chi connectivity index (χ4n) is 0.734. The molecule has 1 aromatic rings. The first-order valence-electron chi connectivity index (χ1n) is 4.04. The predicted molar refractivity (Wildman–Crippen MR) is 41.5 cm³/mol. The highest BCUT2D eigenvalue weighted by atomic mass is 19.4. The Morgan fingerprint density at radius 2 is 1.62 bits per heavy atom. The van der Waals surface area contributed by atoms with Gasteiger partial charge in [-0.3, -0.25) is 0 Å². The lowest BCUT2D eigenvalue weighted by Gasteiger charge is -2.15. The first-order chi connectivity index (χ1) is 6.96. The molecule has 9 heteroatoms. The summed E-state index contributed by atoms with van der Waals surface area (Å²) in [5, 5.41) is 2.98. The van der Waals surface area contributed by atoms with E-state index in [1.807, 2.05) is 0 Å². The van der Waals surface area contributed by atoms with Crippen LogP contribution in [-0.4, -0.2) is 16.3 Å². The summed E-state index contributed by atoms with van der Waals surface area (Å²) < 4.78 is 65.0. The van der Waals surface area contributed by atoms with Crippen molar-refractivity contribution in [2.75, 3.05) is 0 Å². The largest absolute Gasteiger partial charge is 0.463 e. The molecule has 0 unspecified atom stereocenters. The zero-order valence-corrected chi connectivity index (χ0v) is 8.27. The van der Waals surface area contributed by atoms with E-state index in [0.29, 0.717) is 0 Å². The van der Waals surface area contributed by atoms with Crippen molar-refractivity contribution in [3.8, 4) is 0 Å². The Morgan fingerprint density at radius 1 is 1.12 bits per heavy atom. The zero-order chi connectivity index (χ0) is 12.8. The quantitative estimate of drug-likeness (QED) is 0.808. The molecular weight excluding hydrogens is 237 g/mol. The zero-order valence-electron chi connectivity index (χ0n) is 8.27. The summed E-state index contributed by atoms with van der Waals surface area (Å²) in [6, 6.07) is 0. The smallest absolute Gasteiger partial charge is 0.332 e. The minimum atomic E-state index is -5.78. The van der Waals surface area contributed by atoms with Gasteiger partial charge in [-0.1, -0.05) is 5.16 Å². The van der Waals surface area contributed by atoms with Gasteiger partial charge in [-0.2, -0.15) is 26.9 Å². The lowest BCUT2D eigenvalue weighted by atomic mass is 10.1. The lowest BCUT2D eigenvalue weighted by molar-refractivity contribution is -0.298.